The molecule has 0 saturated carbocycles. The largest absolute Gasteiger partial charge is 0.497 e. The predicted molar refractivity (Wildman–Crippen MR) is 228 cm³/mol. The van der Waals surface area contributed by atoms with Crippen molar-refractivity contribution >= 4 is 52.0 Å². The Balaban J connectivity index is -0.000000141. The van der Waals surface area contributed by atoms with Crippen molar-refractivity contribution < 1.29 is 51.8 Å². The molecule has 0 fully saturated rings. The van der Waals surface area contributed by atoms with Gasteiger partial charge in [-0.05, 0) is 110 Å². The number of methoxy groups -OCH3 is 1. The van der Waals surface area contributed by atoms with Gasteiger partial charge in [-0.3, -0.25) is 9.59 Å². The molecule has 9 nitrogen and oxygen atoms in total. The summed E-state index contributed by atoms with van der Waals surface area (Å²) in [6, 6.07) is 15.6. The van der Waals surface area contributed by atoms with Gasteiger partial charge < -0.3 is 24.8 Å². The maximum atomic E-state index is 13.7. The van der Waals surface area contributed by atoms with Crippen LogP contribution in [0, 0.1) is 78.7 Å². The van der Waals surface area contributed by atoms with E-state index in [1.807, 2.05) is 17.9 Å². The highest BCUT2D eigenvalue weighted by Gasteiger charge is 2.24. The third kappa shape index (κ3) is 11.1. The number of carbonyl (C=O) groups is 3. The zero-order valence-corrected chi connectivity index (χ0v) is 28.0. The Morgan fingerprint density at radius 3 is 2.16 bits per heavy atom. The summed E-state index contributed by atoms with van der Waals surface area (Å²) in [5.74, 6) is 21.8. The van der Waals surface area contributed by atoms with E-state index in [0.29, 0.717) is 30.1 Å². The van der Waals surface area contributed by atoms with Crippen LogP contribution < -0.4 is 15.0 Å². The molecule has 0 saturated heterocycles. The molecule has 0 aliphatic carbocycles. The van der Waals surface area contributed by atoms with Crippen LogP contribution in [0.4, 0.5) is 17.1 Å². The molecule has 3 aromatic carbocycles. The number of carbonyl (C=O) groups excluding carboxylic acids is 3. The molecule has 0 aromatic heterocycles. The average Bonchev–Trinajstić information content (AvgIpc) is 3.12. The van der Waals surface area contributed by atoms with E-state index in [2.05, 4.69) is 75.6 Å². The number of benzene rings is 3. The number of halogens is 1. The molecule has 3 rings (SSSR count). The fourth-order valence-electron chi connectivity index (χ4n) is 4.10. The number of esters is 1. The molecule has 0 unspecified atom stereocenters. The lowest BCUT2D eigenvalue weighted by Gasteiger charge is -2.22. The Morgan fingerprint density at radius 1 is 0.920 bits per heavy atom. The number of terminal acetylenes is 1. The van der Waals surface area contributed by atoms with Crippen molar-refractivity contribution in [1.29, 1.82) is 0 Å². The van der Waals surface area contributed by atoms with Gasteiger partial charge in [0.25, 0.3) is 5.91 Å². The summed E-state index contributed by atoms with van der Waals surface area (Å²) >= 11 is 6.36. The number of hydrogen-bond acceptors (Lipinski definition) is 8. The number of Topliss-reactive ketones (excluding diaryl/α,β-unsaturated/α-hetero) is 1. The molecular weight excluding hydrogens is 654 g/mol. The van der Waals surface area contributed by atoms with Gasteiger partial charge in [-0.25, -0.2) is 9.79 Å². The van der Waals surface area contributed by atoms with Crippen LogP contribution in [0.25, 0.3) is 0 Å². The Morgan fingerprint density at radius 2 is 1.56 bits per heavy atom. The van der Waals surface area contributed by atoms with Crippen LogP contribution in [0.5, 0.6) is 5.75 Å². The lowest BCUT2D eigenvalue weighted by molar-refractivity contribution is -0.110. The number of likely N-dealkylation sites (N-methyl/N-ethyl adjacent to an activating group) is 1. The van der Waals surface area contributed by atoms with Crippen LogP contribution >= 0.6 is 11.6 Å². The van der Waals surface area contributed by atoms with E-state index in [0.717, 1.165) is 5.69 Å². The van der Waals surface area contributed by atoms with E-state index < -0.39 is 23.4 Å². The molecule has 50 heavy (non-hydrogen) atoms. The quantitative estimate of drug-likeness (QED) is 0.0671. The third-order valence-corrected chi connectivity index (χ3v) is 6.86. The summed E-state index contributed by atoms with van der Waals surface area (Å²) in [5, 5.41) is 12.1. The summed E-state index contributed by atoms with van der Waals surface area (Å²) in [5.41, 5.74) is 1.69. The summed E-state index contributed by atoms with van der Waals surface area (Å²) in [6.45, 7) is 4.84. The van der Waals surface area contributed by atoms with Gasteiger partial charge in [0.15, 0.2) is 5.71 Å². The Kier molecular flexibility index (Phi) is 14.8. The maximum Gasteiger partial charge on any atom is 0.352 e. The second kappa shape index (κ2) is 19.7. The molecule has 0 radical (unpaired) electrons. The van der Waals surface area contributed by atoms with Crippen molar-refractivity contribution in [2.24, 2.45) is 4.99 Å². The first-order valence-corrected chi connectivity index (χ1v) is 15.1. The number of ketones is 1. The predicted octanol–water partition coefficient (Wildman–Crippen LogP) is 8.77. The highest BCUT2D eigenvalue weighted by Crippen LogP contribution is 2.27. The summed E-state index contributed by atoms with van der Waals surface area (Å²) in [4.78, 5) is 46.5. The molecule has 0 atom stereocenters. The van der Waals surface area contributed by atoms with Crippen LogP contribution in [-0.4, -0.2) is 55.3 Å². The van der Waals surface area contributed by atoms with Crippen molar-refractivity contribution in [2.75, 3.05) is 37.0 Å². The zero-order chi connectivity index (χ0) is 36.3. The van der Waals surface area contributed by atoms with Crippen LogP contribution in [0.15, 0.2) is 65.7 Å². The number of hydrogen-bond donors (Lipinski definition) is 2. The number of nitrogens with zero attached hydrogens (tertiary/aromatic N) is 2. The normalized spacial score (nSPS) is 9.48. The summed E-state index contributed by atoms with van der Waals surface area (Å²) < 4.78 is 10.1. The molecule has 0 aliphatic heterocycles. The van der Waals surface area contributed by atoms with E-state index in [-0.39, 0.29) is 51.3 Å². The van der Waals surface area contributed by atoms with Crippen molar-refractivity contribution in [3.8, 4) is 77.5 Å². The number of ether oxygens (including phenoxy) is 2. The molecule has 1 amide bonds. The molecular formula is C40H60ClN3O6. The van der Waals surface area contributed by atoms with Gasteiger partial charge in [-0.15, -0.1) is 6.42 Å². The Hall–Kier alpha value is -6.85. The highest BCUT2D eigenvalue weighted by molar-refractivity contribution is 6.70. The summed E-state index contributed by atoms with van der Waals surface area (Å²) in [6.07, 6.45) is 7.14. The molecule has 0 heterocycles. The molecule has 0 spiro atoms. The monoisotopic (exact) mass is 713 g/mol. The van der Waals surface area contributed by atoms with Gasteiger partial charge in [-0.1, -0.05) is 11.6 Å². The lowest BCUT2D eigenvalue weighted by atomic mass is 10.0. The van der Waals surface area contributed by atoms with Gasteiger partial charge in [0.05, 0.1) is 35.7 Å². The molecule has 0 aliphatic rings. The second-order valence-corrected chi connectivity index (χ2v) is 10.1. The average molecular weight is 714 g/mol. The van der Waals surface area contributed by atoms with E-state index in [9.17, 15) is 19.5 Å². The Bertz CT molecular complexity index is 2230. The number of aliphatic hydroxyl groups excluding tert-OH is 1. The van der Waals surface area contributed by atoms with Gasteiger partial charge >= 0.3 is 5.97 Å². The number of rotatable bonds is 11. The Labute approximate surface area is 319 Å². The standard InChI is InChI=1S/C40H28ClN3O6.16H2/c1-5-7-8-9-10-11-12-13-14-15-26-50-40(48)31-18-22-34(41)36(28-31)43-39(47)37(38(46)30-16-20-33(49-4)21-17-30)42-35-23-19-32(27-29(35)3)44(6-2)24-25-45;;;;;;;;;;;;;;;;/h1,16-23,27-28,45H,6,24-25H2,2-4H3,(H,43,47);16*1H. The van der Waals surface area contributed by atoms with Gasteiger partial charge in [-0.2, -0.15) is 0 Å². The van der Waals surface area contributed by atoms with Crippen molar-refractivity contribution in [2.45, 2.75) is 13.8 Å². The van der Waals surface area contributed by atoms with Crippen LogP contribution in [0.2, 0.25) is 5.02 Å². The molecule has 10 heteroatoms. The summed E-state index contributed by atoms with van der Waals surface area (Å²) in [7, 11) is 1.49. The fourth-order valence-corrected chi connectivity index (χ4v) is 4.26. The topological polar surface area (TPSA) is 118 Å². The number of nitrogens with one attached hydrogen (secondary N) is 1. The first-order chi connectivity index (χ1) is 24.2. The van der Waals surface area contributed by atoms with E-state index in [4.69, 9.17) is 27.5 Å². The van der Waals surface area contributed by atoms with Crippen molar-refractivity contribution in [3.63, 3.8) is 0 Å². The second-order valence-electron chi connectivity index (χ2n) is 9.70. The first-order valence-electron chi connectivity index (χ1n) is 14.7. The van der Waals surface area contributed by atoms with Gasteiger partial charge in [0.2, 0.25) is 5.78 Å². The van der Waals surface area contributed by atoms with E-state index >= 15 is 0 Å². The number of anilines is 2. The zero-order valence-electron chi connectivity index (χ0n) is 27.2. The van der Waals surface area contributed by atoms with Crippen LogP contribution in [0.3, 0.4) is 0 Å². The molecule has 2 N–H and O–H groups in total. The van der Waals surface area contributed by atoms with Crippen LogP contribution in [0.1, 0.15) is 56.0 Å². The lowest BCUT2D eigenvalue weighted by Crippen LogP contribution is -2.30. The minimum Gasteiger partial charge on any atom is -0.497 e. The molecule has 0 bridgehead atoms. The molecule has 3 aromatic rings. The number of aliphatic hydroxyl groups is 1. The van der Waals surface area contributed by atoms with Crippen molar-refractivity contribution in [1.82, 2.24) is 0 Å². The SMILES string of the molecule is C#CC#CC#CC#CC#CC#COC(=O)c1ccc(Cl)c(NC(=O)C(=Nc2ccc(N(CC)CCO)cc2C)C(=O)c2ccc(OC)cc2)c1.[HH].[HH].[HH].[HH].[HH].[HH].[HH].[HH].[HH].[HH].[HH].[HH].[HH].[HH].[HH].[HH]. The van der Waals surface area contributed by atoms with Gasteiger partial charge in [0, 0.05) is 76.8 Å². The van der Waals surface area contributed by atoms with Gasteiger partial charge in [0.1, 0.15) is 11.9 Å². The van der Waals surface area contributed by atoms with Crippen LogP contribution in [-0.2, 0) is 9.53 Å². The first kappa shape index (κ1) is 37.6. The van der Waals surface area contributed by atoms with E-state index in [1.54, 1.807) is 31.2 Å². The number of amides is 1. The van der Waals surface area contributed by atoms with E-state index in [1.165, 1.54) is 37.4 Å². The highest BCUT2D eigenvalue weighted by atomic mass is 35.5. The van der Waals surface area contributed by atoms with Crippen molar-refractivity contribution in [3.05, 3.63) is 82.4 Å². The molecule has 278 valence electrons. The number of aryl methyl sites for hydroxylation is 1. The minimum absolute atomic E-state index is 0. The fraction of sp³-hybridized carbons (Fsp3) is 0.150. The maximum absolute atomic E-state index is 13.7. The smallest absolute Gasteiger partial charge is 0.352 e. The number of aliphatic imine (C=N–C) groups is 1. The minimum atomic E-state index is -0.874. The third-order valence-electron chi connectivity index (χ3n) is 6.53.